The Kier molecular flexibility index (Phi) is 8.22. The smallest absolute Gasteiger partial charge is 0.406 e. The topological polar surface area (TPSA) is 69.0 Å². The summed E-state index contributed by atoms with van der Waals surface area (Å²) in [5.74, 6) is 0.515. The number of ether oxygens (including phenoxy) is 1. The molecule has 0 spiro atoms. The van der Waals surface area contributed by atoms with Gasteiger partial charge in [-0.05, 0) is 67.3 Å². The van der Waals surface area contributed by atoms with Gasteiger partial charge in [-0.2, -0.15) is 5.10 Å². The molecule has 3 aromatic carbocycles. The van der Waals surface area contributed by atoms with E-state index in [2.05, 4.69) is 32.3 Å². The summed E-state index contributed by atoms with van der Waals surface area (Å²) in [7, 11) is 0. The first-order valence-corrected chi connectivity index (χ1v) is 12.1. The molecule has 0 saturated carbocycles. The molecule has 1 N–H and O–H groups in total. The van der Waals surface area contributed by atoms with Crippen LogP contribution < -0.4 is 10.1 Å². The number of rotatable bonds is 10. The van der Waals surface area contributed by atoms with E-state index in [1.54, 1.807) is 28.9 Å². The van der Waals surface area contributed by atoms with Gasteiger partial charge in [0.2, 0.25) is 0 Å². The van der Waals surface area contributed by atoms with Crippen molar-refractivity contribution in [3.05, 3.63) is 95.8 Å². The summed E-state index contributed by atoms with van der Waals surface area (Å²) in [6, 6.07) is 22.7. The second-order valence-electron chi connectivity index (χ2n) is 8.44. The van der Waals surface area contributed by atoms with E-state index in [0.29, 0.717) is 41.4 Å². The lowest BCUT2D eigenvalue weighted by molar-refractivity contribution is -0.274. The van der Waals surface area contributed by atoms with Gasteiger partial charge >= 0.3 is 6.36 Å². The number of hydrogen-bond acceptors (Lipinski definition) is 4. The Morgan fingerprint density at radius 1 is 0.973 bits per heavy atom. The van der Waals surface area contributed by atoms with Crippen molar-refractivity contribution >= 4 is 5.91 Å². The van der Waals surface area contributed by atoms with Gasteiger partial charge < -0.3 is 10.1 Å². The van der Waals surface area contributed by atoms with E-state index < -0.39 is 6.36 Å². The van der Waals surface area contributed by atoms with Crippen LogP contribution in [0.3, 0.4) is 0 Å². The summed E-state index contributed by atoms with van der Waals surface area (Å²) < 4.78 is 43.1. The summed E-state index contributed by atoms with van der Waals surface area (Å²) in [6.45, 7) is 2.47. The largest absolute Gasteiger partial charge is 0.573 e. The molecule has 0 aliphatic rings. The Labute approximate surface area is 213 Å². The summed E-state index contributed by atoms with van der Waals surface area (Å²) in [6.07, 6.45) is -1.40. The monoisotopic (exact) mass is 508 g/mol. The fraction of sp³-hybridized carbons (Fsp3) is 0.250. The highest BCUT2D eigenvalue weighted by molar-refractivity contribution is 5.94. The first-order valence-electron chi connectivity index (χ1n) is 12.1. The standard InChI is InChI=1S/C28H27F3N4O2/c1-2-25-33-26(21-14-16-24(17-15-21)37-28(29,30)31)35(34-25)23-13-8-12-22(19-23)27(36)32-18-7-6-11-20-9-4-3-5-10-20/h3-5,8-10,12-17,19H,2,6-7,11,18H2,1H3,(H,32,36). The summed E-state index contributed by atoms with van der Waals surface area (Å²) >= 11 is 0. The number of nitrogens with zero attached hydrogens (tertiary/aromatic N) is 3. The van der Waals surface area contributed by atoms with E-state index in [9.17, 15) is 18.0 Å². The highest BCUT2D eigenvalue weighted by Crippen LogP contribution is 2.27. The van der Waals surface area contributed by atoms with Crippen molar-refractivity contribution in [2.24, 2.45) is 0 Å². The number of aromatic nitrogens is 3. The molecule has 4 rings (SSSR count). The maximum atomic E-state index is 12.8. The van der Waals surface area contributed by atoms with E-state index in [-0.39, 0.29) is 11.7 Å². The molecule has 1 heterocycles. The number of alkyl halides is 3. The molecule has 4 aromatic rings. The fourth-order valence-electron chi connectivity index (χ4n) is 3.86. The molecular weight excluding hydrogens is 481 g/mol. The van der Waals surface area contributed by atoms with Crippen molar-refractivity contribution in [1.29, 1.82) is 0 Å². The number of halogens is 3. The molecule has 0 fully saturated rings. The average Bonchev–Trinajstić information content (AvgIpc) is 3.33. The zero-order valence-electron chi connectivity index (χ0n) is 20.3. The molecule has 6 nitrogen and oxygen atoms in total. The molecule has 0 aliphatic carbocycles. The number of unbranched alkanes of at least 4 members (excludes halogenated alkanes) is 1. The van der Waals surface area contributed by atoms with Gasteiger partial charge in [0.25, 0.3) is 5.91 Å². The molecule has 1 aromatic heterocycles. The number of benzene rings is 3. The van der Waals surface area contributed by atoms with Crippen LogP contribution in [0.25, 0.3) is 17.1 Å². The molecule has 0 unspecified atom stereocenters. The molecule has 0 saturated heterocycles. The fourth-order valence-corrected chi connectivity index (χ4v) is 3.86. The Morgan fingerprint density at radius 2 is 1.73 bits per heavy atom. The molecular formula is C28H27F3N4O2. The zero-order chi connectivity index (χ0) is 26.3. The predicted molar refractivity (Wildman–Crippen MR) is 135 cm³/mol. The molecule has 0 aliphatic heterocycles. The first-order chi connectivity index (χ1) is 17.8. The average molecular weight is 509 g/mol. The van der Waals surface area contributed by atoms with Gasteiger partial charge in [0.15, 0.2) is 11.6 Å². The molecule has 1 amide bonds. The van der Waals surface area contributed by atoms with Crippen molar-refractivity contribution in [1.82, 2.24) is 20.1 Å². The van der Waals surface area contributed by atoms with Gasteiger partial charge in [0, 0.05) is 24.1 Å². The summed E-state index contributed by atoms with van der Waals surface area (Å²) in [4.78, 5) is 17.3. The maximum Gasteiger partial charge on any atom is 0.573 e. The van der Waals surface area contributed by atoms with Crippen LogP contribution in [0, 0.1) is 0 Å². The van der Waals surface area contributed by atoms with Crippen LogP contribution in [-0.4, -0.2) is 33.6 Å². The Bertz CT molecular complexity index is 1320. The molecule has 0 radical (unpaired) electrons. The second kappa shape index (κ2) is 11.7. The molecule has 0 atom stereocenters. The van der Waals surface area contributed by atoms with E-state index in [0.717, 1.165) is 19.3 Å². The van der Waals surface area contributed by atoms with Gasteiger partial charge in [0.1, 0.15) is 5.75 Å². The number of amides is 1. The summed E-state index contributed by atoms with van der Waals surface area (Å²) in [5.41, 5.74) is 2.94. The van der Waals surface area contributed by atoms with Crippen LogP contribution in [-0.2, 0) is 12.8 Å². The van der Waals surface area contributed by atoms with Gasteiger partial charge in [-0.25, -0.2) is 9.67 Å². The minimum absolute atomic E-state index is 0.187. The number of carbonyl (C=O) groups excluding carboxylic acids is 1. The van der Waals surface area contributed by atoms with Crippen LogP contribution in [0.2, 0.25) is 0 Å². The van der Waals surface area contributed by atoms with Crippen molar-refractivity contribution in [3.8, 4) is 22.8 Å². The quantitative estimate of drug-likeness (QED) is 0.261. The molecule has 0 bridgehead atoms. The first kappa shape index (κ1) is 25.9. The summed E-state index contributed by atoms with van der Waals surface area (Å²) in [5, 5.41) is 7.50. The van der Waals surface area contributed by atoms with E-state index >= 15 is 0 Å². The maximum absolute atomic E-state index is 12.8. The van der Waals surface area contributed by atoms with Gasteiger partial charge in [-0.3, -0.25) is 4.79 Å². The molecule has 37 heavy (non-hydrogen) atoms. The van der Waals surface area contributed by atoms with Crippen molar-refractivity contribution in [2.75, 3.05) is 6.54 Å². The third-order valence-corrected chi connectivity index (χ3v) is 5.69. The SMILES string of the molecule is CCc1nc(-c2ccc(OC(F)(F)F)cc2)n(-c2cccc(C(=O)NCCCCc3ccccc3)c2)n1. The van der Waals surface area contributed by atoms with Crippen LogP contribution in [0.4, 0.5) is 13.2 Å². The number of aryl methyl sites for hydroxylation is 2. The van der Waals surface area contributed by atoms with Crippen molar-refractivity contribution in [2.45, 2.75) is 39.0 Å². The van der Waals surface area contributed by atoms with Crippen LogP contribution >= 0.6 is 0 Å². The lowest BCUT2D eigenvalue weighted by Gasteiger charge is -2.11. The van der Waals surface area contributed by atoms with Gasteiger partial charge in [0.05, 0.1) is 5.69 Å². The lowest BCUT2D eigenvalue weighted by atomic mass is 10.1. The minimum Gasteiger partial charge on any atom is -0.406 e. The van der Waals surface area contributed by atoms with E-state index in [1.165, 1.54) is 29.8 Å². The normalized spacial score (nSPS) is 11.4. The Morgan fingerprint density at radius 3 is 2.43 bits per heavy atom. The highest BCUT2D eigenvalue weighted by Gasteiger charge is 2.31. The lowest BCUT2D eigenvalue weighted by Crippen LogP contribution is -2.24. The number of nitrogens with one attached hydrogen (secondary N) is 1. The van der Waals surface area contributed by atoms with Crippen molar-refractivity contribution in [3.63, 3.8) is 0 Å². The molecule has 9 heteroatoms. The third-order valence-electron chi connectivity index (χ3n) is 5.69. The molecule has 192 valence electrons. The Balaban J connectivity index is 1.45. The third kappa shape index (κ3) is 7.19. The number of carbonyl (C=O) groups is 1. The number of hydrogen-bond donors (Lipinski definition) is 1. The zero-order valence-corrected chi connectivity index (χ0v) is 20.3. The van der Waals surface area contributed by atoms with Gasteiger partial charge in [-0.15, -0.1) is 13.2 Å². The predicted octanol–water partition coefficient (Wildman–Crippen LogP) is 6.15. The van der Waals surface area contributed by atoms with E-state index in [1.807, 2.05) is 25.1 Å². The van der Waals surface area contributed by atoms with E-state index in [4.69, 9.17) is 0 Å². The van der Waals surface area contributed by atoms with Crippen LogP contribution in [0.5, 0.6) is 5.75 Å². The Hall–Kier alpha value is -4.14. The van der Waals surface area contributed by atoms with Gasteiger partial charge in [-0.1, -0.05) is 43.3 Å². The second-order valence-corrected chi connectivity index (χ2v) is 8.44. The van der Waals surface area contributed by atoms with Crippen molar-refractivity contribution < 1.29 is 22.7 Å². The highest BCUT2D eigenvalue weighted by atomic mass is 19.4. The van der Waals surface area contributed by atoms with Crippen LogP contribution in [0.15, 0.2) is 78.9 Å². The minimum atomic E-state index is -4.76. The van der Waals surface area contributed by atoms with Crippen LogP contribution in [0.1, 0.15) is 41.5 Å².